The zero-order valence-electron chi connectivity index (χ0n) is 17.6. The fourth-order valence-electron chi connectivity index (χ4n) is 2.95. The third-order valence-corrected chi connectivity index (χ3v) is 4.68. The van der Waals surface area contributed by atoms with Gasteiger partial charge < -0.3 is 14.8 Å². The normalized spacial score (nSPS) is 12.5. The van der Waals surface area contributed by atoms with Crippen LogP contribution in [0.2, 0.25) is 0 Å². The molecule has 6 heteroatoms. The Labute approximate surface area is 180 Å². The summed E-state index contributed by atoms with van der Waals surface area (Å²) in [4.78, 5) is 25.7. The van der Waals surface area contributed by atoms with E-state index in [-0.39, 0.29) is 0 Å². The fourth-order valence-corrected chi connectivity index (χ4v) is 2.95. The number of anilines is 1. The number of carbonyl (C=O) groups is 2. The first-order valence-electron chi connectivity index (χ1n) is 9.89. The average Bonchev–Trinajstić information content (AvgIpc) is 2.76. The lowest BCUT2D eigenvalue weighted by Crippen LogP contribution is -2.32. The van der Waals surface area contributed by atoms with E-state index in [1.54, 1.807) is 24.3 Å². The van der Waals surface area contributed by atoms with Gasteiger partial charge in [0.05, 0.1) is 0 Å². The molecule has 0 spiro atoms. The maximum atomic E-state index is 13.1. The molecular formula is C25H24FNO4. The van der Waals surface area contributed by atoms with Gasteiger partial charge in [-0.2, -0.15) is 0 Å². The SMILES string of the molecule is Cc1ccc(C)c(NC(=O)[C@@H](OC(=O)[C@@H](C)Oc2ccc(F)cc2)c2ccccc2)c1. The predicted octanol–water partition coefficient (Wildman–Crippen LogP) is 5.13. The summed E-state index contributed by atoms with van der Waals surface area (Å²) >= 11 is 0. The number of benzene rings is 3. The van der Waals surface area contributed by atoms with Crippen LogP contribution < -0.4 is 10.1 Å². The third-order valence-electron chi connectivity index (χ3n) is 4.68. The Bertz CT molecular complexity index is 1050. The molecular weight excluding hydrogens is 397 g/mol. The van der Waals surface area contributed by atoms with Crippen molar-refractivity contribution in [3.05, 3.63) is 95.3 Å². The van der Waals surface area contributed by atoms with E-state index in [0.717, 1.165) is 11.1 Å². The number of carbonyl (C=O) groups excluding carboxylic acids is 2. The molecule has 0 bridgehead atoms. The lowest BCUT2D eigenvalue weighted by atomic mass is 10.1. The Morgan fingerprint density at radius 2 is 1.61 bits per heavy atom. The fraction of sp³-hybridized carbons (Fsp3) is 0.200. The van der Waals surface area contributed by atoms with Crippen LogP contribution in [0.15, 0.2) is 72.8 Å². The molecule has 1 amide bonds. The van der Waals surface area contributed by atoms with Crippen molar-refractivity contribution in [1.82, 2.24) is 0 Å². The number of rotatable bonds is 7. The van der Waals surface area contributed by atoms with Gasteiger partial charge in [0, 0.05) is 11.3 Å². The minimum absolute atomic E-state index is 0.321. The van der Waals surface area contributed by atoms with E-state index >= 15 is 0 Å². The molecule has 3 rings (SSSR count). The largest absolute Gasteiger partial charge is 0.479 e. The van der Waals surface area contributed by atoms with E-state index < -0.39 is 29.9 Å². The standard InChI is InChI=1S/C25H24FNO4/c1-16-9-10-17(2)22(15-16)27-24(28)23(19-7-5-4-6-8-19)31-25(29)18(3)30-21-13-11-20(26)12-14-21/h4-15,18,23H,1-3H3,(H,27,28)/t18-,23+/m1/s1. The Morgan fingerprint density at radius 3 is 2.29 bits per heavy atom. The zero-order chi connectivity index (χ0) is 22.4. The molecule has 0 aliphatic rings. The van der Waals surface area contributed by atoms with Crippen molar-refractivity contribution in [2.24, 2.45) is 0 Å². The lowest BCUT2D eigenvalue weighted by Gasteiger charge is -2.21. The van der Waals surface area contributed by atoms with Gasteiger partial charge in [0.25, 0.3) is 5.91 Å². The molecule has 0 aliphatic heterocycles. The van der Waals surface area contributed by atoms with Gasteiger partial charge in [0.2, 0.25) is 6.10 Å². The van der Waals surface area contributed by atoms with Gasteiger partial charge in [0.15, 0.2) is 6.10 Å². The van der Waals surface area contributed by atoms with Crippen molar-refractivity contribution in [1.29, 1.82) is 0 Å². The molecule has 3 aromatic carbocycles. The number of halogens is 1. The topological polar surface area (TPSA) is 64.6 Å². The second-order valence-corrected chi connectivity index (χ2v) is 7.25. The van der Waals surface area contributed by atoms with Crippen LogP contribution in [-0.4, -0.2) is 18.0 Å². The molecule has 0 unspecified atom stereocenters. The molecule has 0 aromatic heterocycles. The number of hydrogen-bond donors (Lipinski definition) is 1. The van der Waals surface area contributed by atoms with E-state index in [9.17, 15) is 14.0 Å². The molecule has 0 fully saturated rings. The van der Waals surface area contributed by atoms with Gasteiger partial charge in [-0.1, -0.05) is 42.5 Å². The summed E-state index contributed by atoms with van der Waals surface area (Å²) in [5.74, 6) is -1.27. The molecule has 0 saturated carbocycles. The first-order chi connectivity index (χ1) is 14.8. The van der Waals surface area contributed by atoms with Crippen molar-refractivity contribution < 1.29 is 23.5 Å². The monoisotopic (exact) mass is 421 g/mol. The molecule has 0 saturated heterocycles. The predicted molar refractivity (Wildman–Crippen MR) is 116 cm³/mol. The molecule has 31 heavy (non-hydrogen) atoms. The number of hydrogen-bond acceptors (Lipinski definition) is 4. The zero-order valence-corrected chi connectivity index (χ0v) is 17.6. The van der Waals surface area contributed by atoms with E-state index in [0.29, 0.717) is 17.0 Å². The van der Waals surface area contributed by atoms with E-state index in [1.165, 1.54) is 31.2 Å². The van der Waals surface area contributed by atoms with Crippen molar-refractivity contribution in [3.8, 4) is 5.75 Å². The van der Waals surface area contributed by atoms with E-state index in [1.807, 2.05) is 38.1 Å². The minimum Gasteiger partial charge on any atom is -0.479 e. The van der Waals surface area contributed by atoms with Gasteiger partial charge in [-0.15, -0.1) is 0 Å². The minimum atomic E-state index is -1.16. The number of aryl methyl sites for hydroxylation is 2. The Hall–Kier alpha value is -3.67. The second-order valence-electron chi connectivity index (χ2n) is 7.25. The maximum absolute atomic E-state index is 13.1. The molecule has 1 N–H and O–H groups in total. The number of amides is 1. The highest BCUT2D eigenvalue weighted by molar-refractivity contribution is 5.97. The quantitative estimate of drug-likeness (QED) is 0.537. The highest BCUT2D eigenvalue weighted by atomic mass is 19.1. The first kappa shape index (κ1) is 22.0. The molecule has 0 radical (unpaired) electrons. The van der Waals surface area contributed by atoms with Crippen LogP contribution in [0.1, 0.15) is 29.7 Å². The second kappa shape index (κ2) is 9.89. The average molecular weight is 421 g/mol. The van der Waals surface area contributed by atoms with Gasteiger partial charge in [0.1, 0.15) is 11.6 Å². The van der Waals surface area contributed by atoms with E-state index in [2.05, 4.69) is 5.32 Å². The van der Waals surface area contributed by atoms with Crippen LogP contribution in [0.3, 0.4) is 0 Å². The summed E-state index contributed by atoms with van der Waals surface area (Å²) in [5, 5.41) is 2.85. The van der Waals surface area contributed by atoms with Crippen LogP contribution in [0, 0.1) is 19.7 Å². The molecule has 160 valence electrons. The Kier molecular flexibility index (Phi) is 7.03. The lowest BCUT2D eigenvalue weighted by molar-refractivity contribution is -0.161. The summed E-state index contributed by atoms with van der Waals surface area (Å²) in [6, 6.07) is 19.8. The highest BCUT2D eigenvalue weighted by Gasteiger charge is 2.28. The molecule has 5 nitrogen and oxygen atoms in total. The first-order valence-corrected chi connectivity index (χ1v) is 9.89. The summed E-state index contributed by atoms with van der Waals surface area (Å²) in [6.45, 7) is 5.33. The van der Waals surface area contributed by atoms with Crippen LogP contribution in [0.5, 0.6) is 5.75 Å². The van der Waals surface area contributed by atoms with Gasteiger partial charge in [-0.25, -0.2) is 9.18 Å². The number of nitrogens with one attached hydrogen (secondary N) is 1. The summed E-state index contributed by atoms with van der Waals surface area (Å²) < 4.78 is 24.1. The molecule has 0 heterocycles. The van der Waals surface area contributed by atoms with Crippen molar-refractivity contribution in [2.75, 3.05) is 5.32 Å². The highest BCUT2D eigenvalue weighted by Crippen LogP contribution is 2.24. The van der Waals surface area contributed by atoms with Gasteiger partial charge in [-0.3, -0.25) is 4.79 Å². The van der Waals surface area contributed by atoms with Crippen LogP contribution in [-0.2, 0) is 14.3 Å². The van der Waals surface area contributed by atoms with Crippen molar-refractivity contribution in [2.45, 2.75) is 33.0 Å². The van der Waals surface area contributed by atoms with Crippen LogP contribution >= 0.6 is 0 Å². The van der Waals surface area contributed by atoms with E-state index in [4.69, 9.17) is 9.47 Å². The Morgan fingerprint density at radius 1 is 0.935 bits per heavy atom. The Balaban J connectivity index is 1.77. The van der Waals surface area contributed by atoms with Crippen molar-refractivity contribution >= 4 is 17.6 Å². The van der Waals surface area contributed by atoms with Crippen molar-refractivity contribution in [3.63, 3.8) is 0 Å². The number of ether oxygens (including phenoxy) is 2. The third kappa shape index (κ3) is 5.92. The van der Waals surface area contributed by atoms with Gasteiger partial charge in [-0.05, 0) is 62.2 Å². The smallest absolute Gasteiger partial charge is 0.348 e. The van der Waals surface area contributed by atoms with Gasteiger partial charge >= 0.3 is 5.97 Å². The number of esters is 1. The van der Waals surface area contributed by atoms with Crippen LogP contribution in [0.25, 0.3) is 0 Å². The molecule has 0 aliphatic carbocycles. The van der Waals surface area contributed by atoms with Crippen LogP contribution in [0.4, 0.5) is 10.1 Å². The summed E-state index contributed by atoms with van der Waals surface area (Å²) in [7, 11) is 0. The maximum Gasteiger partial charge on any atom is 0.348 e. The summed E-state index contributed by atoms with van der Waals surface area (Å²) in [6.07, 6.45) is -2.15. The molecule has 3 aromatic rings. The summed E-state index contributed by atoms with van der Waals surface area (Å²) in [5.41, 5.74) is 3.07. The molecule has 2 atom stereocenters.